The molecule has 1 aliphatic heterocycles. The molecule has 1 saturated heterocycles. The first kappa shape index (κ1) is 19.6. The predicted octanol–water partition coefficient (Wildman–Crippen LogP) is 2.44. The smallest absolute Gasteiger partial charge is 0.319 e. The fourth-order valence-electron chi connectivity index (χ4n) is 4.18. The van der Waals surface area contributed by atoms with Crippen molar-refractivity contribution in [3.8, 4) is 0 Å². The number of rotatable bonds is 3. The number of nitrogens with zero attached hydrogens (tertiary/aromatic N) is 4. The van der Waals surface area contributed by atoms with Gasteiger partial charge in [-0.3, -0.25) is 4.79 Å². The number of aryl methyl sites for hydroxylation is 1. The van der Waals surface area contributed by atoms with Crippen LogP contribution < -0.4 is 5.32 Å². The molecule has 3 rings (SSSR count). The molecule has 0 spiro atoms. The van der Waals surface area contributed by atoms with Crippen molar-refractivity contribution in [3.63, 3.8) is 0 Å². The fraction of sp³-hybridized carbons (Fsp3) is 0.789. The quantitative estimate of drug-likeness (QED) is 0.817. The highest BCUT2D eigenvalue weighted by atomic mass is 16.5. The number of amides is 3. The molecule has 2 aliphatic rings. The van der Waals surface area contributed by atoms with Gasteiger partial charge >= 0.3 is 6.03 Å². The minimum Gasteiger partial charge on any atom is -0.343 e. The summed E-state index contributed by atoms with van der Waals surface area (Å²) in [5.74, 6) is 1.11. The lowest BCUT2D eigenvalue weighted by Gasteiger charge is -2.36. The molecule has 8 heteroatoms. The second-order valence-corrected chi connectivity index (χ2v) is 8.06. The lowest BCUT2D eigenvalue weighted by Crippen LogP contribution is -2.51. The van der Waals surface area contributed by atoms with Gasteiger partial charge in [-0.1, -0.05) is 30.8 Å². The highest BCUT2D eigenvalue weighted by molar-refractivity contribution is 5.80. The molecule has 0 aromatic carbocycles. The molecule has 2 fully saturated rings. The number of carbonyl (C=O) groups is 2. The second kappa shape index (κ2) is 8.27. The van der Waals surface area contributed by atoms with Gasteiger partial charge < -0.3 is 19.6 Å². The molecule has 1 N–H and O–H groups in total. The first-order chi connectivity index (χ1) is 12.9. The number of hydrogen-bond acceptors (Lipinski definition) is 5. The maximum absolute atomic E-state index is 13.1. The topological polar surface area (TPSA) is 91.6 Å². The van der Waals surface area contributed by atoms with Gasteiger partial charge in [0.15, 0.2) is 5.82 Å². The summed E-state index contributed by atoms with van der Waals surface area (Å²) in [6.45, 7) is 3.01. The largest absolute Gasteiger partial charge is 0.343 e. The minimum atomic E-state index is -0.526. The number of hydrogen-bond donors (Lipinski definition) is 1. The summed E-state index contributed by atoms with van der Waals surface area (Å²) in [4.78, 5) is 33.0. The number of carbonyl (C=O) groups excluding carboxylic acids is 2. The Labute approximate surface area is 160 Å². The minimum absolute atomic E-state index is 0.0105. The Bertz CT molecular complexity index is 656. The summed E-state index contributed by atoms with van der Waals surface area (Å²) in [6.07, 6.45) is 7.48. The zero-order chi connectivity index (χ0) is 19.4. The van der Waals surface area contributed by atoms with E-state index in [4.69, 9.17) is 4.52 Å². The van der Waals surface area contributed by atoms with E-state index in [2.05, 4.69) is 15.5 Å². The van der Waals surface area contributed by atoms with Crippen molar-refractivity contribution in [1.82, 2.24) is 25.3 Å². The number of likely N-dealkylation sites (tertiary alicyclic amines) is 1. The molecule has 8 nitrogen and oxygen atoms in total. The Morgan fingerprint density at radius 3 is 2.30 bits per heavy atom. The SMILES string of the molecule is Cc1nc(C2(NC(=O)C3CCN(C(=O)N(C)C)CC3)CCCCCC2)no1. The molecule has 1 aromatic heterocycles. The number of piperidine rings is 1. The van der Waals surface area contributed by atoms with Gasteiger partial charge in [0, 0.05) is 40.0 Å². The lowest BCUT2D eigenvalue weighted by atomic mass is 9.87. The monoisotopic (exact) mass is 377 g/mol. The molecule has 1 saturated carbocycles. The van der Waals surface area contributed by atoms with Crippen molar-refractivity contribution >= 4 is 11.9 Å². The van der Waals surface area contributed by atoms with E-state index in [1.165, 1.54) is 12.8 Å². The number of aromatic nitrogens is 2. The van der Waals surface area contributed by atoms with E-state index in [0.717, 1.165) is 25.7 Å². The van der Waals surface area contributed by atoms with E-state index in [-0.39, 0.29) is 17.9 Å². The third kappa shape index (κ3) is 4.42. The molecule has 1 aliphatic carbocycles. The molecule has 0 bridgehead atoms. The fourth-order valence-corrected chi connectivity index (χ4v) is 4.18. The molecular weight excluding hydrogens is 346 g/mol. The normalized spacial score (nSPS) is 20.8. The van der Waals surface area contributed by atoms with Crippen LogP contribution in [0.3, 0.4) is 0 Å². The van der Waals surface area contributed by atoms with Crippen LogP contribution in [0.4, 0.5) is 4.79 Å². The van der Waals surface area contributed by atoms with Gasteiger partial charge in [-0.05, 0) is 25.7 Å². The van der Waals surface area contributed by atoms with Gasteiger partial charge in [-0.15, -0.1) is 0 Å². The van der Waals surface area contributed by atoms with E-state index in [1.54, 1.807) is 25.9 Å². The van der Waals surface area contributed by atoms with Crippen molar-refractivity contribution in [2.75, 3.05) is 27.2 Å². The van der Waals surface area contributed by atoms with Gasteiger partial charge in [-0.2, -0.15) is 4.98 Å². The van der Waals surface area contributed by atoms with Crippen LogP contribution in [0.1, 0.15) is 63.1 Å². The van der Waals surface area contributed by atoms with Crippen LogP contribution in [0.5, 0.6) is 0 Å². The van der Waals surface area contributed by atoms with Crippen molar-refractivity contribution in [2.45, 2.75) is 63.8 Å². The van der Waals surface area contributed by atoms with E-state index in [1.807, 2.05) is 4.90 Å². The number of urea groups is 1. The van der Waals surface area contributed by atoms with Crippen LogP contribution in [-0.2, 0) is 10.3 Å². The molecule has 2 heterocycles. The van der Waals surface area contributed by atoms with Crippen molar-refractivity contribution in [1.29, 1.82) is 0 Å². The van der Waals surface area contributed by atoms with Crippen LogP contribution in [0.2, 0.25) is 0 Å². The van der Waals surface area contributed by atoms with Crippen LogP contribution in [0.15, 0.2) is 4.52 Å². The third-order valence-corrected chi connectivity index (χ3v) is 5.79. The zero-order valence-electron chi connectivity index (χ0n) is 16.7. The van der Waals surface area contributed by atoms with Gasteiger partial charge in [0.2, 0.25) is 11.8 Å². The first-order valence-electron chi connectivity index (χ1n) is 10.0. The van der Waals surface area contributed by atoms with E-state index < -0.39 is 5.54 Å². The lowest BCUT2D eigenvalue weighted by molar-refractivity contribution is -0.128. The van der Waals surface area contributed by atoms with Gasteiger partial charge in [0.25, 0.3) is 0 Å². The van der Waals surface area contributed by atoms with E-state index >= 15 is 0 Å². The van der Waals surface area contributed by atoms with Gasteiger partial charge in [0.1, 0.15) is 5.54 Å². The summed E-state index contributed by atoms with van der Waals surface area (Å²) < 4.78 is 5.21. The van der Waals surface area contributed by atoms with E-state index in [0.29, 0.717) is 37.6 Å². The van der Waals surface area contributed by atoms with Crippen LogP contribution in [0, 0.1) is 12.8 Å². The van der Waals surface area contributed by atoms with Gasteiger partial charge in [-0.25, -0.2) is 4.79 Å². The maximum Gasteiger partial charge on any atom is 0.319 e. The molecule has 3 amide bonds. The summed E-state index contributed by atoms with van der Waals surface area (Å²) in [6, 6.07) is 0.0105. The Hall–Kier alpha value is -2.12. The molecule has 150 valence electrons. The average Bonchev–Trinajstić information content (AvgIpc) is 2.96. The summed E-state index contributed by atoms with van der Waals surface area (Å²) in [5, 5.41) is 7.45. The standard InChI is InChI=1S/C19H31N5O3/c1-14-20-17(22-27-14)19(10-6-4-5-7-11-19)21-16(25)15-8-12-24(13-9-15)18(26)23(2)3/h15H,4-13H2,1-3H3,(H,21,25). The molecule has 0 radical (unpaired) electrons. The molecule has 0 unspecified atom stereocenters. The molecule has 27 heavy (non-hydrogen) atoms. The second-order valence-electron chi connectivity index (χ2n) is 8.06. The Morgan fingerprint density at radius 2 is 1.78 bits per heavy atom. The van der Waals surface area contributed by atoms with Crippen LogP contribution in [-0.4, -0.2) is 59.1 Å². The van der Waals surface area contributed by atoms with Crippen LogP contribution in [0.25, 0.3) is 0 Å². The highest BCUT2D eigenvalue weighted by Gasteiger charge is 2.40. The summed E-state index contributed by atoms with van der Waals surface area (Å²) >= 11 is 0. The molecule has 0 atom stereocenters. The Morgan fingerprint density at radius 1 is 1.15 bits per heavy atom. The highest BCUT2D eigenvalue weighted by Crippen LogP contribution is 2.35. The summed E-state index contributed by atoms with van der Waals surface area (Å²) in [7, 11) is 3.51. The van der Waals surface area contributed by atoms with Crippen molar-refractivity contribution < 1.29 is 14.1 Å². The summed E-state index contributed by atoms with van der Waals surface area (Å²) in [5.41, 5.74) is -0.526. The van der Waals surface area contributed by atoms with E-state index in [9.17, 15) is 9.59 Å². The van der Waals surface area contributed by atoms with Gasteiger partial charge in [0.05, 0.1) is 0 Å². The Balaban J connectivity index is 1.68. The zero-order valence-corrected chi connectivity index (χ0v) is 16.7. The maximum atomic E-state index is 13.1. The van der Waals surface area contributed by atoms with Crippen molar-refractivity contribution in [3.05, 3.63) is 11.7 Å². The third-order valence-electron chi connectivity index (χ3n) is 5.79. The average molecular weight is 377 g/mol. The Kier molecular flexibility index (Phi) is 6.01. The number of nitrogens with one attached hydrogen (secondary N) is 1. The van der Waals surface area contributed by atoms with Crippen LogP contribution >= 0.6 is 0 Å². The molecular formula is C19H31N5O3. The molecule has 1 aromatic rings. The first-order valence-corrected chi connectivity index (χ1v) is 10.0. The van der Waals surface area contributed by atoms with Crippen molar-refractivity contribution in [2.24, 2.45) is 5.92 Å². The predicted molar refractivity (Wildman–Crippen MR) is 99.9 cm³/mol.